The summed E-state index contributed by atoms with van der Waals surface area (Å²) in [6.07, 6.45) is 13.8. The fraction of sp³-hybridized carbons (Fsp3) is 0.189. The van der Waals surface area contributed by atoms with Crippen molar-refractivity contribution in [1.82, 2.24) is 0 Å². The number of aromatic nitrogens is 1. The van der Waals surface area contributed by atoms with Crippen LogP contribution in [0.3, 0.4) is 0 Å². The third-order valence-electron chi connectivity index (χ3n) is 11.6. The third-order valence-corrected chi connectivity index (χ3v) is 12.8. The van der Waals surface area contributed by atoms with Crippen molar-refractivity contribution in [3.05, 3.63) is 191 Å². The second-order valence-electron chi connectivity index (χ2n) is 15.3. The van der Waals surface area contributed by atoms with E-state index in [0.29, 0.717) is 25.0 Å². The van der Waals surface area contributed by atoms with E-state index in [1.807, 2.05) is 11.3 Å². The van der Waals surface area contributed by atoms with Crippen LogP contribution in [0.5, 0.6) is 11.5 Å². The van der Waals surface area contributed by atoms with Crippen molar-refractivity contribution >= 4 is 59.9 Å². The molecule has 0 radical (unpaired) electrons. The van der Waals surface area contributed by atoms with Crippen LogP contribution in [-0.4, -0.2) is 13.2 Å². The van der Waals surface area contributed by atoms with Crippen LogP contribution < -0.4 is 14.0 Å². The van der Waals surface area contributed by atoms with Crippen molar-refractivity contribution in [2.75, 3.05) is 13.2 Å². The summed E-state index contributed by atoms with van der Waals surface area (Å²) < 4.78 is 16.6. The molecule has 0 aliphatic heterocycles. The fourth-order valence-electron chi connectivity index (χ4n) is 8.39. The zero-order valence-electron chi connectivity index (χ0n) is 33.0. The molecule has 1 aliphatic carbocycles. The van der Waals surface area contributed by atoms with Gasteiger partial charge in [-0.3, -0.25) is 0 Å². The maximum absolute atomic E-state index is 6.46. The maximum Gasteiger partial charge on any atom is 0.262 e. The summed E-state index contributed by atoms with van der Waals surface area (Å²) >= 11 is 1.86. The number of aryl methyl sites for hydroxylation is 2. The lowest BCUT2D eigenvalue weighted by atomic mass is 9.77. The van der Waals surface area contributed by atoms with Crippen LogP contribution in [0.2, 0.25) is 0 Å². The van der Waals surface area contributed by atoms with Crippen molar-refractivity contribution in [3.63, 3.8) is 0 Å². The normalized spacial score (nSPS) is 15.6. The van der Waals surface area contributed by atoms with Gasteiger partial charge in [-0.25, -0.2) is 0 Å². The van der Waals surface area contributed by atoms with Gasteiger partial charge in [-0.15, -0.1) is 0 Å². The van der Waals surface area contributed by atoms with Crippen molar-refractivity contribution in [1.29, 1.82) is 0 Å². The zero-order chi connectivity index (χ0) is 38.7. The molecule has 0 saturated carbocycles. The Morgan fingerprint density at radius 2 is 1.19 bits per heavy atom. The molecule has 0 fully saturated rings. The van der Waals surface area contributed by atoms with Crippen LogP contribution in [0.25, 0.3) is 48.6 Å². The monoisotopic (exact) mass is 762 g/mol. The standard InChI is InChI=1S/C53H48NO2S/c1-36(22-24-42-25-26-43(48-35-38(3)37(2)34-47(42)48)30-32-55-50-20-10-15-39-12-4-7-17-44(39)50)23-29-52-54(49-28-27-41-14-6-9-19-46(41)53(49)57-52)31-33-56-51-21-11-16-40-13-5-8-18-45(40)51/h4-23,25-29,34-35,42-43H,24,30-33H2,1-3H3/q+1. The van der Waals surface area contributed by atoms with Crippen LogP contribution in [-0.2, 0) is 6.54 Å². The first-order valence-corrected chi connectivity index (χ1v) is 21.0. The van der Waals surface area contributed by atoms with Gasteiger partial charge in [-0.2, -0.15) is 4.57 Å². The molecule has 2 atom stereocenters. The van der Waals surface area contributed by atoms with Crippen LogP contribution >= 0.6 is 11.3 Å². The van der Waals surface area contributed by atoms with E-state index in [1.165, 1.54) is 70.0 Å². The Morgan fingerprint density at radius 1 is 0.632 bits per heavy atom. The average molecular weight is 763 g/mol. The zero-order valence-corrected chi connectivity index (χ0v) is 33.8. The minimum atomic E-state index is 0.333. The number of nitrogens with zero attached hydrogens (tertiary/aromatic N) is 1. The lowest BCUT2D eigenvalue weighted by Crippen LogP contribution is -2.38. The Morgan fingerprint density at radius 3 is 1.88 bits per heavy atom. The number of allylic oxidation sites excluding steroid dienone is 5. The molecule has 1 aliphatic rings. The fourth-order valence-corrected chi connectivity index (χ4v) is 9.61. The minimum absolute atomic E-state index is 0.333. The van der Waals surface area contributed by atoms with E-state index in [1.54, 1.807) is 0 Å². The number of benzene rings is 7. The van der Waals surface area contributed by atoms with Crippen molar-refractivity contribution in [2.24, 2.45) is 0 Å². The highest BCUT2D eigenvalue weighted by molar-refractivity contribution is 7.19. The molecule has 0 amide bonds. The van der Waals surface area contributed by atoms with Gasteiger partial charge in [0, 0.05) is 40.1 Å². The van der Waals surface area contributed by atoms with Gasteiger partial charge in [-0.05, 0) is 90.2 Å². The summed E-state index contributed by atoms with van der Waals surface area (Å²) in [5.74, 6) is 2.56. The van der Waals surface area contributed by atoms with Gasteiger partial charge < -0.3 is 9.47 Å². The number of ether oxygens (including phenoxy) is 2. The van der Waals surface area contributed by atoms with Gasteiger partial charge in [0.15, 0.2) is 6.54 Å². The third kappa shape index (κ3) is 7.62. The van der Waals surface area contributed by atoms with E-state index in [0.717, 1.165) is 36.3 Å². The Bertz CT molecular complexity index is 2830. The summed E-state index contributed by atoms with van der Waals surface area (Å²) in [5, 5.41) is 8.51. The van der Waals surface area contributed by atoms with E-state index in [4.69, 9.17) is 9.47 Å². The highest BCUT2D eigenvalue weighted by atomic mass is 32.1. The van der Waals surface area contributed by atoms with Crippen LogP contribution in [0.4, 0.5) is 0 Å². The van der Waals surface area contributed by atoms with Crippen molar-refractivity contribution in [3.8, 4) is 11.5 Å². The molecule has 57 heavy (non-hydrogen) atoms. The Labute approximate surface area is 339 Å². The molecule has 4 heteroatoms. The molecule has 9 rings (SSSR count). The first-order valence-electron chi connectivity index (χ1n) is 20.2. The van der Waals surface area contributed by atoms with Gasteiger partial charge in [0.2, 0.25) is 5.52 Å². The van der Waals surface area contributed by atoms with E-state index >= 15 is 0 Å². The molecule has 3 nitrogen and oxygen atoms in total. The number of hydrogen-bond donors (Lipinski definition) is 0. The highest BCUT2D eigenvalue weighted by Gasteiger charge is 2.24. The molecule has 0 N–H and O–H groups in total. The predicted octanol–water partition coefficient (Wildman–Crippen LogP) is 13.6. The highest BCUT2D eigenvalue weighted by Crippen LogP contribution is 2.40. The molecule has 0 spiro atoms. The molecule has 8 aromatic rings. The van der Waals surface area contributed by atoms with Gasteiger partial charge in [0.25, 0.3) is 5.01 Å². The van der Waals surface area contributed by atoms with E-state index in [9.17, 15) is 0 Å². The summed E-state index contributed by atoms with van der Waals surface area (Å²) in [6.45, 7) is 8.71. The lowest BCUT2D eigenvalue weighted by Gasteiger charge is -2.28. The SMILES string of the molecule is CC(C=Cc1sc2c3ccccc3ccc2[n+]1CCOc1cccc2ccccc12)=CCC1C=CC(CCOc2cccc3ccccc23)c2cc(C)c(C)cc21. The molecular weight excluding hydrogens is 715 g/mol. The van der Waals surface area contributed by atoms with Gasteiger partial charge in [-0.1, -0.05) is 150 Å². The number of thiazole rings is 1. The topological polar surface area (TPSA) is 22.3 Å². The van der Waals surface area contributed by atoms with Crippen LogP contribution in [0.1, 0.15) is 58.9 Å². The number of fused-ring (bicyclic) bond motifs is 6. The quantitative estimate of drug-likeness (QED) is 0.0703. The molecule has 7 aromatic carbocycles. The van der Waals surface area contributed by atoms with Gasteiger partial charge in [0.1, 0.15) is 22.8 Å². The second-order valence-corrected chi connectivity index (χ2v) is 16.4. The van der Waals surface area contributed by atoms with Crippen molar-refractivity contribution < 1.29 is 14.0 Å². The Kier molecular flexibility index (Phi) is 10.5. The molecule has 1 heterocycles. The number of hydrogen-bond acceptors (Lipinski definition) is 3. The van der Waals surface area contributed by atoms with Crippen molar-refractivity contribution in [2.45, 2.75) is 52.0 Å². The van der Waals surface area contributed by atoms with E-state index < -0.39 is 0 Å². The van der Waals surface area contributed by atoms with E-state index in [2.05, 4.69) is 189 Å². The molecule has 0 saturated heterocycles. The maximum atomic E-state index is 6.46. The first kappa shape index (κ1) is 36.7. The largest absolute Gasteiger partial charge is 0.493 e. The minimum Gasteiger partial charge on any atom is -0.493 e. The smallest absolute Gasteiger partial charge is 0.262 e. The molecule has 1 aromatic heterocycles. The second kappa shape index (κ2) is 16.3. The Balaban J connectivity index is 0.930. The summed E-state index contributed by atoms with van der Waals surface area (Å²) in [5.41, 5.74) is 8.10. The summed E-state index contributed by atoms with van der Waals surface area (Å²) in [7, 11) is 0. The first-order chi connectivity index (χ1) is 28.0. The molecule has 282 valence electrons. The van der Waals surface area contributed by atoms with Gasteiger partial charge >= 0.3 is 0 Å². The lowest BCUT2D eigenvalue weighted by molar-refractivity contribution is -0.669. The van der Waals surface area contributed by atoms with Crippen LogP contribution in [0, 0.1) is 13.8 Å². The molecule has 0 bridgehead atoms. The van der Waals surface area contributed by atoms with Gasteiger partial charge in [0.05, 0.1) is 6.61 Å². The summed E-state index contributed by atoms with van der Waals surface area (Å²) in [4.78, 5) is 0. The van der Waals surface area contributed by atoms with E-state index in [-0.39, 0.29) is 0 Å². The van der Waals surface area contributed by atoms with Crippen LogP contribution in [0.15, 0.2) is 163 Å². The number of rotatable bonds is 12. The molecule has 2 unspecified atom stereocenters. The molecular formula is C53H48NO2S+. The Hall–Kier alpha value is -5.97. The average Bonchev–Trinajstić information content (AvgIpc) is 3.61. The summed E-state index contributed by atoms with van der Waals surface area (Å²) in [6, 6.07) is 47.6. The predicted molar refractivity (Wildman–Crippen MR) is 241 cm³/mol.